The zero-order chi connectivity index (χ0) is 29.5. The Morgan fingerprint density at radius 2 is 1.76 bits per heavy atom. The summed E-state index contributed by atoms with van der Waals surface area (Å²) in [6, 6.07) is 12.3. The highest BCUT2D eigenvalue weighted by molar-refractivity contribution is 5.99. The second kappa shape index (κ2) is 8.69. The molecule has 0 bridgehead atoms. The number of hydrogen-bond donors (Lipinski definition) is 3. The van der Waals surface area contributed by atoms with E-state index in [1.807, 2.05) is 0 Å². The molecule has 11 nitrogen and oxygen atoms in total. The second-order valence-corrected chi connectivity index (χ2v) is 12.3. The molecule has 2 spiro atoms. The van der Waals surface area contributed by atoms with E-state index in [4.69, 9.17) is 14.2 Å². The normalized spacial score (nSPS) is 33.7. The Labute approximate surface area is 235 Å². The summed E-state index contributed by atoms with van der Waals surface area (Å²) in [6.07, 6.45) is -4.55. The predicted molar refractivity (Wildman–Crippen MR) is 139 cm³/mol. The molecule has 3 N–H and O–H groups in total. The van der Waals surface area contributed by atoms with Crippen molar-refractivity contribution in [2.45, 2.75) is 64.1 Å². The van der Waals surface area contributed by atoms with E-state index in [2.05, 4.69) is 0 Å². The number of aromatic hydroxyl groups is 2. The van der Waals surface area contributed by atoms with Gasteiger partial charge in [-0.2, -0.15) is 0 Å². The van der Waals surface area contributed by atoms with Crippen LogP contribution in [0.2, 0.25) is 0 Å². The third-order valence-corrected chi connectivity index (χ3v) is 9.48. The minimum atomic E-state index is -1.87. The molecule has 2 aromatic carbocycles. The molecule has 4 aliphatic rings. The molecule has 216 valence electrons. The zero-order valence-corrected chi connectivity index (χ0v) is 22.8. The van der Waals surface area contributed by atoms with E-state index < -0.39 is 70.5 Å². The third kappa shape index (κ3) is 3.35. The summed E-state index contributed by atoms with van der Waals surface area (Å²) in [5, 5.41) is 32.3. The standard InChI is InChI=1S/C30H31NO10/c1-27(2,3)29(38)14-20-28(15-21(34)39-20)26(37)41-25-30(28,29)22(40-24(36)17-7-5-4-6-8-17)23(35)31(25)12-11-16-9-10-18(32)19(33)13-16/h4-10,13,20,22,25,32-33,38H,11-12,14-15H2,1-3H3/t20-,22-,25-,28-,29+,30+/m0/s1. The van der Waals surface area contributed by atoms with Crippen LogP contribution in [0.5, 0.6) is 11.5 Å². The molecule has 3 aliphatic heterocycles. The van der Waals surface area contributed by atoms with Gasteiger partial charge >= 0.3 is 17.9 Å². The van der Waals surface area contributed by atoms with Crippen LogP contribution < -0.4 is 0 Å². The average molecular weight is 566 g/mol. The predicted octanol–water partition coefficient (Wildman–Crippen LogP) is 2.06. The summed E-state index contributed by atoms with van der Waals surface area (Å²) < 4.78 is 17.5. The smallest absolute Gasteiger partial charge is 0.338 e. The lowest BCUT2D eigenvalue weighted by Crippen LogP contribution is -2.66. The minimum Gasteiger partial charge on any atom is -0.504 e. The molecular formula is C30H31NO10. The molecule has 0 aromatic heterocycles. The van der Waals surface area contributed by atoms with Gasteiger partial charge in [0.2, 0.25) is 0 Å². The molecule has 2 aromatic rings. The number of nitrogens with zero attached hydrogens (tertiary/aromatic N) is 1. The molecule has 0 radical (unpaired) electrons. The van der Waals surface area contributed by atoms with Crippen molar-refractivity contribution in [3.8, 4) is 11.5 Å². The van der Waals surface area contributed by atoms with E-state index in [-0.39, 0.29) is 36.4 Å². The van der Waals surface area contributed by atoms with Gasteiger partial charge in [0, 0.05) is 13.0 Å². The summed E-state index contributed by atoms with van der Waals surface area (Å²) in [4.78, 5) is 55.5. The van der Waals surface area contributed by atoms with Crippen LogP contribution in [0.15, 0.2) is 48.5 Å². The van der Waals surface area contributed by atoms with Crippen LogP contribution in [-0.4, -0.2) is 74.6 Å². The molecule has 1 amide bonds. The van der Waals surface area contributed by atoms with Crippen molar-refractivity contribution < 1.29 is 48.7 Å². The number of rotatable bonds is 5. The van der Waals surface area contributed by atoms with Gasteiger partial charge in [-0.1, -0.05) is 45.0 Å². The maximum atomic E-state index is 14.3. The number of hydrogen-bond acceptors (Lipinski definition) is 10. The zero-order valence-electron chi connectivity index (χ0n) is 22.8. The van der Waals surface area contributed by atoms with Crippen molar-refractivity contribution in [2.24, 2.45) is 16.2 Å². The molecule has 41 heavy (non-hydrogen) atoms. The Kier molecular flexibility index (Phi) is 5.74. The van der Waals surface area contributed by atoms with Crippen LogP contribution in [0, 0.1) is 16.2 Å². The molecule has 1 saturated carbocycles. The van der Waals surface area contributed by atoms with Crippen molar-refractivity contribution >= 4 is 23.8 Å². The molecule has 6 atom stereocenters. The number of aliphatic hydroxyl groups is 1. The topological polar surface area (TPSA) is 160 Å². The van der Waals surface area contributed by atoms with Gasteiger partial charge in [-0.15, -0.1) is 0 Å². The number of phenolic OH excluding ortho intramolecular Hbond substituents is 2. The molecular weight excluding hydrogens is 534 g/mol. The summed E-state index contributed by atoms with van der Waals surface area (Å²) in [5.74, 6) is -3.61. The molecule has 4 fully saturated rings. The summed E-state index contributed by atoms with van der Waals surface area (Å²) in [6.45, 7) is 5.21. The molecule has 3 heterocycles. The number of likely N-dealkylation sites (tertiary alicyclic amines) is 1. The number of carbonyl (C=O) groups is 4. The van der Waals surface area contributed by atoms with Crippen LogP contribution >= 0.6 is 0 Å². The Hall–Kier alpha value is -4.12. The maximum absolute atomic E-state index is 14.3. The van der Waals surface area contributed by atoms with Gasteiger partial charge in [-0.25, -0.2) is 4.79 Å². The number of ether oxygens (including phenoxy) is 3. The number of carbonyl (C=O) groups excluding carboxylic acids is 4. The van der Waals surface area contributed by atoms with E-state index in [0.29, 0.717) is 5.56 Å². The molecule has 0 unspecified atom stereocenters. The highest BCUT2D eigenvalue weighted by atomic mass is 16.6. The lowest BCUT2D eigenvalue weighted by molar-refractivity contribution is -0.211. The first-order valence-electron chi connectivity index (χ1n) is 13.5. The van der Waals surface area contributed by atoms with Crippen molar-refractivity contribution in [1.29, 1.82) is 0 Å². The van der Waals surface area contributed by atoms with E-state index in [9.17, 15) is 34.5 Å². The summed E-state index contributed by atoms with van der Waals surface area (Å²) in [7, 11) is 0. The monoisotopic (exact) mass is 565 g/mol. The van der Waals surface area contributed by atoms with Crippen LogP contribution in [0.25, 0.3) is 0 Å². The first-order chi connectivity index (χ1) is 19.3. The fraction of sp³-hybridized carbons (Fsp3) is 0.467. The van der Waals surface area contributed by atoms with Crippen LogP contribution in [0.3, 0.4) is 0 Å². The number of amides is 1. The summed E-state index contributed by atoms with van der Waals surface area (Å²) in [5.41, 5.74) is -5.74. The Morgan fingerprint density at radius 1 is 1.05 bits per heavy atom. The van der Waals surface area contributed by atoms with Crippen molar-refractivity contribution in [3.63, 3.8) is 0 Å². The lowest BCUT2D eigenvalue weighted by Gasteiger charge is -2.51. The first kappa shape index (κ1) is 27.1. The highest BCUT2D eigenvalue weighted by Gasteiger charge is 2.93. The van der Waals surface area contributed by atoms with Gasteiger partial charge in [-0.3, -0.25) is 14.4 Å². The fourth-order valence-corrected chi connectivity index (χ4v) is 7.55. The lowest BCUT2D eigenvalue weighted by atomic mass is 9.52. The molecule has 1 aliphatic carbocycles. The number of benzene rings is 2. The highest BCUT2D eigenvalue weighted by Crippen LogP contribution is 2.76. The first-order valence-corrected chi connectivity index (χ1v) is 13.5. The maximum Gasteiger partial charge on any atom is 0.338 e. The van der Waals surface area contributed by atoms with Gasteiger partial charge < -0.3 is 34.4 Å². The van der Waals surface area contributed by atoms with Crippen molar-refractivity contribution in [1.82, 2.24) is 4.90 Å². The van der Waals surface area contributed by atoms with E-state index in [1.165, 1.54) is 29.2 Å². The van der Waals surface area contributed by atoms with Gasteiger partial charge in [-0.05, 0) is 41.7 Å². The van der Waals surface area contributed by atoms with E-state index in [0.717, 1.165) is 0 Å². The van der Waals surface area contributed by atoms with Crippen molar-refractivity contribution in [3.05, 3.63) is 59.7 Å². The SMILES string of the molecule is CC(C)(C)[C@]1(O)C[C@@H]2OC(=O)C[C@@]23C(=O)O[C@@H]2N(CCc4ccc(O)c(O)c4)C(=O)[C@H](OC(=O)c4ccccc4)[C@]213. The Balaban J connectivity index is 1.50. The van der Waals surface area contributed by atoms with E-state index in [1.54, 1.807) is 45.0 Å². The van der Waals surface area contributed by atoms with E-state index >= 15 is 0 Å². The molecule has 11 heteroatoms. The Bertz CT molecular complexity index is 1470. The molecule has 6 rings (SSSR count). The van der Waals surface area contributed by atoms with Gasteiger partial charge in [0.1, 0.15) is 16.9 Å². The van der Waals surface area contributed by atoms with Gasteiger partial charge in [0.05, 0.1) is 17.6 Å². The second-order valence-electron chi connectivity index (χ2n) is 12.3. The van der Waals surface area contributed by atoms with Crippen molar-refractivity contribution in [2.75, 3.05) is 6.54 Å². The van der Waals surface area contributed by atoms with Gasteiger partial charge in [0.15, 0.2) is 23.8 Å². The average Bonchev–Trinajstić information content (AvgIpc) is 3.52. The third-order valence-electron chi connectivity index (χ3n) is 9.48. The van der Waals surface area contributed by atoms with Crippen LogP contribution in [0.1, 0.15) is 49.5 Å². The number of phenols is 2. The Morgan fingerprint density at radius 3 is 2.41 bits per heavy atom. The quantitative estimate of drug-likeness (QED) is 0.278. The van der Waals surface area contributed by atoms with Gasteiger partial charge in [0.25, 0.3) is 5.91 Å². The molecule has 3 saturated heterocycles. The van der Waals surface area contributed by atoms with Crippen LogP contribution in [0.4, 0.5) is 0 Å². The summed E-state index contributed by atoms with van der Waals surface area (Å²) >= 11 is 0. The van der Waals surface area contributed by atoms with Crippen LogP contribution in [-0.2, 0) is 35.0 Å². The number of esters is 3. The fourth-order valence-electron chi connectivity index (χ4n) is 7.55. The largest absolute Gasteiger partial charge is 0.504 e. The minimum absolute atomic E-state index is 0.0437.